The van der Waals surface area contributed by atoms with Crippen molar-refractivity contribution >= 4 is 29.5 Å². The van der Waals surface area contributed by atoms with E-state index in [1.165, 1.54) is 16.7 Å². The third-order valence-electron chi connectivity index (χ3n) is 5.98. The topological polar surface area (TPSA) is 108 Å². The lowest BCUT2D eigenvalue weighted by Gasteiger charge is -2.33. The average molecular weight is 476 g/mol. The van der Waals surface area contributed by atoms with Crippen molar-refractivity contribution < 1.29 is 24.2 Å². The predicted octanol–water partition coefficient (Wildman–Crippen LogP) is 1.24. The van der Waals surface area contributed by atoms with Gasteiger partial charge in [-0.2, -0.15) is 0 Å². The van der Waals surface area contributed by atoms with Crippen LogP contribution in [0.5, 0.6) is 0 Å². The number of carbonyl (C=O) groups excluding carboxylic acids is 3. The van der Waals surface area contributed by atoms with Crippen LogP contribution in [-0.4, -0.2) is 75.8 Å². The second-order valence-electron chi connectivity index (χ2n) is 8.87. The largest absolute Gasteiger partial charge is 0.381 e. The Balaban J connectivity index is 1.79. The molecule has 0 saturated carbocycles. The van der Waals surface area contributed by atoms with E-state index in [0.29, 0.717) is 13.0 Å². The van der Waals surface area contributed by atoms with E-state index in [-0.39, 0.29) is 30.7 Å². The van der Waals surface area contributed by atoms with Gasteiger partial charge in [-0.25, -0.2) is 0 Å². The molecule has 9 heteroatoms. The van der Waals surface area contributed by atoms with E-state index in [1.54, 1.807) is 6.08 Å². The van der Waals surface area contributed by atoms with Crippen LogP contribution in [0.1, 0.15) is 32.3 Å². The van der Waals surface area contributed by atoms with Gasteiger partial charge in [0, 0.05) is 17.9 Å². The lowest BCUT2D eigenvalue weighted by molar-refractivity contribution is -0.148. The molecule has 2 heterocycles. The van der Waals surface area contributed by atoms with Gasteiger partial charge in [0.2, 0.25) is 11.8 Å². The molecule has 3 N–H and O–H groups in total. The van der Waals surface area contributed by atoms with Crippen LogP contribution in [-0.2, 0) is 25.5 Å². The zero-order chi connectivity index (χ0) is 24.0. The number of ether oxygens (including phenoxy) is 1. The Morgan fingerprint density at radius 2 is 2.03 bits per heavy atom. The smallest absolute Gasteiger partial charge is 0.254 e. The van der Waals surface area contributed by atoms with Crippen LogP contribution < -0.4 is 10.6 Å². The summed E-state index contributed by atoms with van der Waals surface area (Å²) in [6.07, 6.45) is 1.15. The maximum Gasteiger partial charge on any atom is 0.254 e. The number of nitrogens with one attached hydrogen (secondary N) is 2. The molecule has 4 atom stereocenters. The Morgan fingerprint density at radius 3 is 2.67 bits per heavy atom. The van der Waals surface area contributed by atoms with Gasteiger partial charge in [0.15, 0.2) is 6.10 Å². The number of thioether (sulfide) groups is 1. The zero-order valence-electron chi connectivity index (χ0n) is 19.2. The average Bonchev–Trinajstić information content (AvgIpc) is 3.44. The van der Waals surface area contributed by atoms with Crippen molar-refractivity contribution in [3.8, 4) is 0 Å². The Kier molecular flexibility index (Phi) is 8.56. The molecule has 0 spiro atoms. The number of benzene rings is 1. The van der Waals surface area contributed by atoms with Gasteiger partial charge in [-0.3, -0.25) is 14.4 Å². The van der Waals surface area contributed by atoms with Crippen LogP contribution in [0, 0.1) is 0 Å². The highest BCUT2D eigenvalue weighted by Crippen LogP contribution is 2.39. The molecule has 2 fully saturated rings. The monoisotopic (exact) mass is 475 g/mol. The first-order valence-electron chi connectivity index (χ1n) is 11.2. The third-order valence-corrected chi connectivity index (χ3v) is 7.35. The first kappa shape index (κ1) is 25.3. The molecule has 2 saturated heterocycles. The lowest BCUT2D eigenvalue weighted by atomic mass is 9.97. The number of aliphatic hydroxyl groups excluding tert-OH is 1. The summed E-state index contributed by atoms with van der Waals surface area (Å²) in [5, 5.41) is 16.7. The van der Waals surface area contributed by atoms with Crippen LogP contribution in [0.4, 0.5) is 0 Å². The highest BCUT2D eigenvalue weighted by molar-refractivity contribution is 8.00. The quantitative estimate of drug-likeness (QED) is 0.464. The molecule has 1 unspecified atom stereocenters. The van der Waals surface area contributed by atoms with Crippen LogP contribution in [0.2, 0.25) is 0 Å². The summed E-state index contributed by atoms with van der Waals surface area (Å²) in [6.45, 7) is 8.21. The second-order valence-corrected chi connectivity index (χ2v) is 10.5. The molecular formula is C24H33N3O5S. The van der Waals surface area contributed by atoms with Crippen molar-refractivity contribution in [3.05, 3.63) is 48.6 Å². The summed E-state index contributed by atoms with van der Waals surface area (Å²) in [4.78, 5) is 40.4. The minimum atomic E-state index is -1.51. The van der Waals surface area contributed by atoms with Crippen molar-refractivity contribution in [1.82, 2.24) is 15.5 Å². The van der Waals surface area contributed by atoms with Crippen molar-refractivity contribution in [3.63, 3.8) is 0 Å². The number of nitrogens with zero attached hydrogens (tertiary/aromatic N) is 1. The predicted molar refractivity (Wildman–Crippen MR) is 127 cm³/mol. The van der Waals surface area contributed by atoms with Crippen LogP contribution in [0.3, 0.4) is 0 Å². The summed E-state index contributed by atoms with van der Waals surface area (Å²) in [6, 6.07) is 7.74. The first-order valence-corrected chi connectivity index (χ1v) is 12.2. The summed E-state index contributed by atoms with van der Waals surface area (Å²) in [7, 11) is 0. The molecule has 0 bridgehead atoms. The summed E-state index contributed by atoms with van der Waals surface area (Å²) >= 11 is 1.47. The van der Waals surface area contributed by atoms with E-state index in [9.17, 15) is 19.5 Å². The Morgan fingerprint density at radius 1 is 1.30 bits per heavy atom. The van der Waals surface area contributed by atoms with Crippen molar-refractivity contribution in [2.45, 2.75) is 62.1 Å². The lowest BCUT2D eigenvalue weighted by Crippen LogP contribution is -2.59. The number of rotatable bonds is 9. The number of carbonyl (C=O) groups is 3. The fourth-order valence-corrected chi connectivity index (χ4v) is 5.33. The molecule has 1 aromatic rings. The van der Waals surface area contributed by atoms with E-state index in [1.807, 2.05) is 44.2 Å². The maximum atomic E-state index is 13.4. The number of aliphatic hydroxyl groups is 1. The highest BCUT2D eigenvalue weighted by atomic mass is 32.2. The minimum Gasteiger partial charge on any atom is -0.381 e. The number of hydrogen-bond donors (Lipinski definition) is 3. The van der Waals surface area contributed by atoms with E-state index in [4.69, 9.17) is 4.74 Å². The molecule has 3 amide bonds. The molecule has 1 aromatic carbocycles. The molecule has 8 nitrogen and oxygen atoms in total. The van der Waals surface area contributed by atoms with Gasteiger partial charge in [0.25, 0.3) is 5.91 Å². The normalized spacial score (nSPS) is 23.5. The molecule has 2 aliphatic rings. The molecule has 0 aliphatic carbocycles. The Hall–Kier alpha value is -2.36. The van der Waals surface area contributed by atoms with Gasteiger partial charge in [-0.05, 0) is 38.7 Å². The number of amides is 3. The molecule has 0 aromatic heterocycles. The Bertz CT molecular complexity index is 857. The van der Waals surface area contributed by atoms with Gasteiger partial charge >= 0.3 is 0 Å². The minimum absolute atomic E-state index is 0.268. The fraction of sp³-hybridized carbons (Fsp3) is 0.542. The van der Waals surface area contributed by atoms with Gasteiger partial charge in [0.05, 0.1) is 11.9 Å². The molecular weight excluding hydrogens is 442 g/mol. The van der Waals surface area contributed by atoms with Gasteiger partial charge in [-0.1, -0.05) is 36.4 Å². The first-order chi connectivity index (χ1) is 15.7. The standard InChI is InChI=1S/C24H33N3O5S/c1-4-12-25-22(30)20-24(2,3)33-15-27(20)23(31)19(28)17(14-16-9-6-5-7-10-16)26-21(29)18-11-8-13-32-18/h4-7,9-10,17-20,28H,1,8,11-15H2,2-3H3,(H,25,30)(H,26,29)/t17-,18-,19-,20?/m0/s1. The molecule has 180 valence electrons. The van der Waals surface area contributed by atoms with Gasteiger partial charge in [-0.15, -0.1) is 18.3 Å². The van der Waals surface area contributed by atoms with E-state index in [0.717, 1.165) is 12.0 Å². The van der Waals surface area contributed by atoms with Gasteiger partial charge in [0.1, 0.15) is 12.1 Å². The second kappa shape index (κ2) is 11.2. The van der Waals surface area contributed by atoms with E-state index < -0.39 is 34.9 Å². The van der Waals surface area contributed by atoms with Crippen molar-refractivity contribution in [2.24, 2.45) is 0 Å². The molecule has 3 rings (SSSR count). The fourth-order valence-electron chi connectivity index (χ4n) is 4.19. The molecule has 33 heavy (non-hydrogen) atoms. The van der Waals surface area contributed by atoms with Gasteiger partial charge < -0.3 is 25.4 Å². The van der Waals surface area contributed by atoms with Crippen LogP contribution in [0.15, 0.2) is 43.0 Å². The summed E-state index contributed by atoms with van der Waals surface area (Å²) in [5.41, 5.74) is 0.874. The highest BCUT2D eigenvalue weighted by Gasteiger charge is 2.49. The van der Waals surface area contributed by atoms with Crippen molar-refractivity contribution in [2.75, 3.05) is 19.0 Å². The maximum absolute atomic E-state index is 13.4. The number of hydrogen-bond acceptors (Lipinski definition) is 6. The SMILES string of the molecule is C=CCNC(=O)C1N(C(=O)[C@@H](O)[C@H](Cc2ccccc2)NC(=O)[C@@H]2CCCO2)CSC1(C)C. The zero-order valence-corrected chi connectivity index (χ0v) is 20.0. The summed E-state index contributed by atoms with van der Waals surface area (Å²) in [5.74, 6) is -0.946. The molecule has 2 aliphatic heterocycles. The van der Waals surface area contributed by atoms with Crippen LogP contribution in [0.25, 0.3) is 0 Å². The summed E-state index contributed by atoms with van der Waals surface area (Å²) < 4.78 is 4.93. The Labute approximate surface area is 199 Å². The molecule has 0 radical (unpaired) electrons. The third kappa shape index (κ3) is 6.16. The van der Waals surface area contributed by atoms with E-state index in [2.05, 4.69) is 17.2 Å². The van der Waals surface area contributed by atoms with E-state index >= 15 is 0 Å². The van der Waals surface area contributed by atoms with Crippen molar-refractivity contribution in [1.29, 1.82) is 0 Å². The van der Waals surface area contributed by atoms with Crippen LogP contribution >= 0.6 is 11.8 Å².